The fraction of sp³-hybridized carbons (Fsp3) is 0.250. The van der Waals surface area contributed by atoms with Crippen LogP contribution in [-0.4, -0.2) is 22.9 Å². The molecule has 1 amide bonds. The molecule has 1 atom stereocenters. The summed E-state index contributed by atoms with van der Waals surface area (Å²) in [6.45, 7) is 3.38. The van der Waals surface area contributed by atoms with Gasteiger partial charge in [-0.2, -0.15) is 0 Å². The smallest absolute Gasteiger partial charge is 0.339 e. The SMILES string of the molecule is Cc1ccc(C(=O)O[C@@H](C)C(=O)NCc2cccs2)cc1[N+](=O)[O-]. The van der Waals surface area contributed by atoms with Gasteiger partial charge in [-0.25, -0.2) is 4.79 Å². The quantitative estimate of drug-likeness (QED) is 0.492. The minimum atomic E-state index is -1.00. The van der Waals surface area contributed by atoms with E-state index in [4.69, 9.17) is 4.74 Å². The second kappa shape index (κ2) is 7.69. The molecule has 1 aromatic carbocycles. The number of nitrogens with zero attached hydrogens (tertiary/aromatic N) is 1. The molecule has 0 aliphatic carbocycles. The third-order valence-corrected chi connectivity index (χ3v) is 4.19. The molecule has 0 saturated heterocycles. The van der Waals surface area contributed by atoms with Crippen molar-refractivity contribution in [2.45, 2.75) is 26.5 Å². The van der Waals surface area contributed by atoms with E-state index in [1.165, 1.54) is 30.4 Å². The molecule has 126 valence electrons. The highest BCUT2D eigenvalue weighted by atomic mass is 32.1. The van der Waals surface area contributed by atoms with E-state index in [-0.39, 0.29) is 11.3 Å². The third-order valence-electron chi connectivity index (χ3n) is 3.31. The highest BCUT2D eigenvalue weighted by Crippen LogP contribution is 2.20. The van der Waals surface area contributed by atoms with E-state index in [0.717, 1.165) is 10.9 Å². The Balaban J connectivity index is 1.96. The number of ether oxygens (including phenoxy) is 1. The van der Waals surface area contributed by atoms with E-state index < -0.39 is 22.9 Å². The number of nitrogens with one attached hydrogen (secondary N) is 1. The number of esters is 1. The second-order valence-corrected chi connectivity index (χ2v) is 6.14. The van der Waals surface area contributed by atoms with Crippen molar-refractivity contribution in [1.29, 1.82) is 0 Å². The van der Waals surface area contributed by atoms with Crippen LogP contribution in [0.25, 0.3) is 0 Å². The van der Waals surface area contributed by atoms with Crippen LogP contribution in [-0.2, 0) is 16.1 Å². The van der Waals surface area contributed by atoms with Gasteiger partial charge >= 0.3 is 5.97 Å². The number of amides is 1. The van der Waals surface area contributed by atoms with Crippen molar-refractivity contribution < 1.29 is 19.2 Å². The van der Waals surface area contributed by atoms with E-state index in [2.05, 4.69) is 5.32 Å². The number of carbonyl (C=O) groups excluding carboxylic acids is 2. The van der Waals surface area contributed by atoms with Gasteiger partial charge in [-0.1, -0.05) is 12.1 Å². The van der Waals surface area contributed by atoms with Crippen LogP contribution in [0.2, 0.25) is 0 Å². The number of benzene rings is 1. The molecule has 0 radical (unpaired) electrons. The lowest BCUT2D eigenvalue weighted by atomic mass is 10.1. The third kappa shape index (κ3) is 4.39. The number of nitro groups is 1. The molecule has 0 bridgehead atoms. The highest BCUT2D eigenvalue weighted by molar-refractivity contribution is 7.09. The average molecular weight is 348 g/mol. The summed E-state index contributed by atoms with van der Waals surface area (Å²) in [7, 11) is 0. The topological polar surface area (TPSA) is 98.5 Å². The van der Waals surface area contributed by atoms with Crippen molar-refractivity contribution in [2.75, 3.05) is 0 Å². The van der Waals surface area contributed by atoms with Gasteiger partial charge in [0, 0.05) is 16.5 Å². The van der Waals surface area contributed by atoms with Gasteiger partial charge < -0.3 is 10.1 Å². The van der Waals surface area contributed by atoms with Crippen molar-refractivity contribution in [2.24, 2.45) is 0 Å². The normalized spacial score (nSPS) is 11.6. The van der Waals surface area contributed by atoms with E-state index in [9.17, 15) is 19.7 Å². The molecule has 2 aromatic rings. The fourth-order valence-corrected chi connectivity index (χ4v) is 2.59. The Labute approximate surface area is 142 Å². The number of aryl methyl sites for hydroxylation is 1. The molecule has 1 heterocycles. The van der Waals surface area contributed by atoms with Gasteiger partial charge in [-0.05, 0) is 31.4 Å². The molecule has 0 aliphatic rings. The van der Waals surface area contributed by atoms with Gasteiger partial charge in [0.05, 0.1) is 17.0 Å². The first-order chi connectivity index (χ1) is 11.4. The molecule has 0 spiro atoms. The number of thiophene rings is 1. The predicted octanol–water partition coefficient (Wildman–Crippen LogP) is 2.83. The molecular weight excluding hydrogens is 332 g/mol. The maximum absolute atomic E-state index is 12.1. The lowest BCUT2D eigenvalue weighted by molar-refractivity contribution is -0.385. The molecule has 0 fully saturated rings. The zero-order valence-corrected chi connectivity index (χ0v) is 14.0. The summed E-state index contributed by atoms with van der Waals surface area (Å²) >= 11 is 1.51. The van der Waals surface area contributed by atoms with Gasteiger partial charge in [-0.15, -0.1) is 11.3 Å². The Kier molecular flexibility index (Phi) is 5.64. The molecule has 0 unspecified atom stereocenters. The zero-order chi connectivity index (χ0) is 17.7. The van der Waals surface area contributed by atoms with E-state index in [0.29, 0.717) is 12.1 Å². The summed E-state index contributed by atoms with van der Waals surface area (Å²) in [5, 5.41) is 15.5. The Hall–Kier alpha value is -2.74. The summed E-state index contributed by atoms with van der Waals surface area (Å²) in [6.07, 6.45) is -1.00. The summed E-state index contributed by atoms with van der Waals surface area (Å²) in [5.74, 6) is -1.21. The van der Waals surface area contributed by atoms with Gasteiger partial charge in [0.25, 0.3) is 11.6 Å². The lowest BCUT2D eigenvalue weighted by Crippen LogP contribution is -2.35. The number of carbonyl (C=O) groups is 2. The van der Waals surface area contributed by atoms with Crippen LogP contribution in [0.1, 0.15) is 27.7 Å². The van der Waals surface area contributed by atoms with Crippen LogP contribution >= 0.6 is 11.3 Å². The minimum absolute atomic E-state index is 0.0326. The van der Waals surface area contributed by atoms with E-state index in [1.807, 2.05) is 17.5 Å². The molecule has 0 saturated carbocycles. The molecular formula is C16H16N2O5S. The first-order valence-electron chi connectivity index (χ1n) is 7.14. The van der Waals surface area contributed by atoms with Crippen LogP contribution in [0.4, 0.5) is 5.69 Å². The molecule has 1 aromatic heterocycles. The number of hydrogen-bond donors (Lipinski definition) is 1. The zero-order valence-electron chi connectivity index (χ0n) is 13.1. The average Bonchev–Trinajstić information content (AvgIpc) is 3.05. The van der Waals surface area contributed by atoms with Gasteiger partial charge in [0.2, 0.25) is 0 Å². The first-order valence-corrected chi connectivity index (χ1v) is 8.02. The maximum Gasteiger partial charge on any atom is 0.339 e. The molecule has 0 aliphatic heterocycles. The van der Waals surface area contributed by atoms with E-state index in [1.54, 1.807) is 6.92 Å². The standard InChI is InChI=1S/C16H16N2O5S/c1-10-5-6-12(8-14(10)18(21)22)16(20)23-11(2)15(19)17-9-13-4-3-7-24-13/h3-8,11H,9H2,1-2H3,(H,17,19)/t11-/m0/s1. The molecule has 7 nitrogen and oxygen atoms in total. The van der Waals surface area contributed by atoms with Crippen LogP contribution in [0.3, 0.4) is 0 Å². The van der Waals surface area contributed by atoms with Crippen LogP contribution in [0, 0.1) is 17.0 Å². The van der Waals surface area contributed by atoms with Crippen LogP contribution < -0.4 is 5.32 Å². The van der Waals surface area contributed by atoms with Gasteiger partial charge in [-0.3, -0.25) is 14.9 Å². The lowest BCUT2D eigenvalue weighted by Gasteiger charge is -2.13. The van der Waals surface area contributed by atoms with Crippen molar-refractivity contribution in [1.82, 2.24) is 5.32 Å². The largest absolute Gasteiger partial charge is 0.449 e. The monoisotopic (exact) mass is 348 g/mol. The summed E-state index contributed by atoms with van der Waals surface area (Å²) in [4.78, 5) is 35.3. The van der Waals surface area contributed by atoms with Gasteiger partial charge in [0.15, 0.2) is 6.10 Å². The predicted molar refractivity (Wildman–Crippen MR) is 88.9 cm³/mol. The number of rotatable bonds is 6. The van der Waals surface area contributed by atoms with Crippen molar-refractivity contribution in [3.8, 4) is 0 Å². The Morgan fingerprint density at radius 1 is 1.38 bits per heavy atom. The number of hydrogen-bond acceptors (Lipinski definition) is 6. The van der Waals surface area contributed by atoms with Crippen LogP contribution in [0.5, 0.6) is 0 Å². The fourth-order valence-electron chi connectivity index (χ4n) is 1.95. The molecule has 8 heteroatoms. The molecule has 1 N–H and O–H groups in total. The minimum Gasteiger partial charge on any atom is -0.449 e. The van der Waals surface area contributed by atoms with E-state index >= 15 is 0 Å². The van der Waals surface area contributed by atoms with Crippen molar-refractivity contribution >= 4 is 28.9 Å². The second-order valence-electron chi connectivity index (χ2n) is 5.10. The highest BCUT2D eigenvalue weighted by Gasteiger charge is 2.21. The molecule has 24 heavy (non-hydrogen) atoms. The Morgan fingerprint density at radius 3 is 2.75 bits per heavy atom. The first kappa shape index (κ1) is 17.6. The van der Waals surface area contributed by atoms with Crippen molar-refractivity contribution in [3.05, 3.63) is 61.8 Å². The van der Waals surface area contributed by atoms with Gasteiger partial charge in [0.1, 0.15) is 0 Å². The summed E-state index contributed by atoms with van der Waals surface area (Å²) in [6, 6.07) is 7.80. The van der Waals surface area contributed by atoms with Crippen LogP contribution in [0.15, 0.2) is 35.7 Å². The number of nitro benzene ring substituents is 1. The summed E-state index contributed by atoms with van der Waals surface area (Å²) < 4.78 is 5.07. The Morgan fingerprint density at radius 2 is 2.12 bits per heavy atom. The molecule has 2 rings (SSSR count). The summed E-state index contributed by atoms with van der Waals surface area (Å²) in [5.41, 5.74) is 0.308. The van der Waals surface area contributed by atoms with Crippen molar-refractivity contribution in [3.63, 3.8) is 0 Å². The Bertz CT molecular complexity index is 758. The maximum atomic E-state index is 12.1.